The molecule has 1 amide bonds. The second-order valence-corrected chi connectivity index (χ2v) is 5.65. The zero-order valence-corrected chi connectivity index (χ0v) is 12.3. The SMILES string of the molecule is Cc1nccc(OC2CCN(C(=O)[C@@H]3CCOC3)CC2)n1. The molecule has 0 unspecified atom stereocenters. The number of aromatic nitrogens is 2. The van der Waals surface area contributed by atoms with Crippen LogP contribution in [-0.4, -0.2) is 53.2 Å². The van der Waals surface area contributed by atoms with Crippen LogP contribution in [-0.2, 0) is 9.53 Å². The smallest absolute Gasteiger partial charge is 0.228 e. The molecular formula is C15H21N3O3. The average molecular weight is 291 g/mol. The summed E-state index contributed by atoms with van der Waals surface area (Å²) in [5.74, 6) is 1.63. The first-order valence-corrected chi connectivity index (χ1v) is 7.55. The van der Waals surface area contributed by atoms with E-state index in [0.29, 0.717) is 24.9 Å². The summed E-state index contributed by atoms with van der Waals surface area (Å²) in [7, 11) is 0. The fourth-order valence-electron chi connectivity index (χ4n) is 2.85. The maximum Gasteiger partial charge on any atom is 0.228 e. The second kappa shape index (κ2) is 6.39. The monoisotopic (exact) mass is 291 g/mol. The van der Waals surface area contributed by atoms with Crippen molar-refractivity contribution >= 4 is 5.91 Å². The van der Waals surface area contributed by atoms with E-state index in [9.17, 15) is 4.79 Å². The van der Waals surface area contributed by atoms with E-state index >= 15 is 0 Å². The molecule has 2 saturated heterocycles. The van der Waals surface area contributed by atoms with E-state index < -0.39 is 0 Å². The summed E-state index contributed by atoms with van der Waals surface area (Å²) in [6, 6.07) is 1.78. The van der Waals surface area contributed by atoms with Crippen molar-refractivity contribution in [1.82, 2.24) is 14.9 Å². The molecule has 0 bridgehead atoms. The van der Waals surface area contributed by atoms with E-state index in [1.54, 1.807) is 12.3 Å². The minimum absolute atomic E-state index is 0.0620. The number of piperidine rings is 1. The summed E-state index contributed by atoms with van der Waals surface area (Å²) < 4.78 is 11.2. The van der Waals surface area contributed by atoms with Gasteiger partial charge in [-0.05, 0) is 13.3 Å². The fraction of sp³-hybridized carbons (Fsp3) is 0.667. The van der Waals surface area contributed by atoms with Crippen molar-refractivity contribution in [3.63, 3.8) is 0 Å². The van der Waals surface area contributed by atoms with Gasteiger partial charge in [0.1, 0.15) is 11.9 Å². The Hall–Kier alpha value is -1.69. The van der Waals surface area contributed by atoms with Crippen molar-refractivity contribution in [2.45, 2.75) is 32.3 Å². The largest absolute Gasteiger partial charge is 0.474 e. The molecule has 6 nitrogen and oxygen atoms in total. The van der Waals surface area contributed by atoms with Gasteiger partial charge >= 0.3 is 0 Å². The van der Waals surface area contributed by atoms with Crippen LogP contribution in [0.5, 0.6) is 5.88 Å². The molecule has 2 aliphatic heterocycles. The molecule has 6 heteroatoms. The zero-order chi connectivity index (χ0) is 14.7. The molecule has 1 aromatic rings. The Labute approximate surface area is 124 Å². The van der Waals surface area contributed by atoms with Crippen LogP contribution >= 0.6 is 0 Å². The van der Waals surface area contributed by atoms with Crippen molar-refractivity contribution < 1.29 is 14.3 Å². The third-order valence-electron chi connectivity index (χ3n) is 4.07. The Morgan fingerprint density at radius 3 is 2.86 bits per heavy atom. The van der Waals surface area contributed by atoms with Gasteiger partial charge in [-0.25, -0.2) is 4.98 Å². The Bertz CT molecular complexity index is 495. The number of amides is 1. The maximum atomic E-state index is 12.3. The molecule has 0 radical (unpaired) electrons. The van der Waals surface area contributed by atoms with Crippen LogP contribution in [0.25, 0.3) is 0 Å². The van der Waals surface area contributed by atoms with Gasteiger partial charge in [-0.1, -0.05) is 0 Å². The molecule has 0 aromatic carbocycles. The number of nitrogens with zero attached hydrogens (tertiary/aromatic N) is 3. The molecule has 0 aliphatic carbocycles. The average Bonchev–Trinajstić information content (AvgIpc) is 3.01. The molecule has 21 heavy (non-hydrogen) atoms. The normalized spacial score (nSPS) is 23.3. The van der Waals surface area contributed by atoms with Gasteiger partial charge < -0.3 is 14.4 Å². The number of carbonyl (C=O) groups excluding carboxylic acids is 1. The number of hydrogen-bond donors (Lipinski definition) is 0. The Morgan fingerprint density at radius 1 is 1.38 bits per heavy atom. The molecular weight excluding hydrogens is 270 g/mol. The lowest BCUT2D eigenvalue weighted by Crippen LogP contribution is -2.44. The first-order valence-electron chi connectivity index (χ1n) is 7.55. The summed E-state index contributed by atoms with van der Waals surface area (Å²) >= 11 is 0. The molecule has 0 spiro atoms. The highest BCUT2D eigenvalue weighted by molar-refractivity contribution is 5.79. The van der Waals surface area contributed by atoms with Gasteiger partial charge in [-0.3, -0.25) is 4.79 Å². The van der Waals surface area contributed by atoms with E-state index in [2.05, 4.69) is 9.97 Å². The van der Waals surface area contributed by atoms with Crippen molar-refractivity contribution in [2.24, 2.45) is 5.92 Å². The summed E-state index contributed by atoms with van der Waals surface area (Å²) in [6.45, 7) is 4.64. The van der Waals surface area contributed by atoms with Crippen LogP contribution in [0.4, 0.5) is 0 Å². The zero-order valence-electron chi connectivity index (χ0n) is 12.3. The molecule has 114 valence electrons. The Kier molecular flexibility index (Phi) is 4.34. The Balaban J connectivity index is 1.49. The van der Waals surface area contributed by atoms with E-state index in [4.69, 9.17) is 9.47 Å². The molecule has 3 heterocycles. The molecule has 2 fully saturated rings. The minimum atomic E-state index is 0.0620. The van der Waals surface area contributed by atoms with Gasteiger partial charge in [-0.15, -0.1) is 0 Å². The quantitative estimate of drug-likeness (QED) is 0.837. The summed E-state index contributed by atoms with van der Waals surface area (Å²) in [5, 5.41) is 0. The first kappa shape index (κ1) is 14.3. The third kappa shape index (κ3) is 3.50. The van der Waals surface area contributed by atoms with Crippen molar-refractivity contribution in [3.8, 4) is 5.88 Å². The molecule has 3 rings (SSSR count). The van der Waals surface area contributed by atoms with Gasteiger partial charge in [0, 0.05) is 44.8 Å². The van der Waals surface area contributed by atoms with Gasteiger partial charge in [0.15, 0.2) is 0 Å². The lowest BCUT2D eigenvalue weighted by atomic mass is 10.0. The number of carbonyl (C=O) groups is 1. The van der Waals surface area contributed by atoms with Gasteiger partial charge in [0.2, 0.25) is 11.8 Å². The predicted molar refractivity (Wildman–Crippen MR) is 75.9 cm³/mol. The van der Waals surface area contributed by atoms with Gasteiger partial charge in [-0.2, -0.15) is 4.98 Å². The van der Waals surface area contributed by atoms with Crippen LogP contribution in [0.3, 0.4) is 0 Å². The van der Waals surface area contributed by atoms with Crippen molar-refractivity contribution in [2.75, 3.05) is 26.3 Å². The fourth-order valence-corrected chi connectivity index (χ4v) is 2.85. The maximum absolute atomic E-state index is 12.3. The number of hydrogen-bond acceptors (Lipinski definition) is 5. The summed E-state index contributed by atoms with van der Waals surface area (Å²) in [6.07, 6.45) is 4.39. The standard InChI is InChI=1S/C15H21N3O3/c1-11-16-6-2-14(17-11)21-13-3-7-18(8-4-13)15(19)12-5-9-20-10-12/h2,6,12-13H,3-5,7-10H2,1H3/t12-/m1/s1. The van der Waals surface area contributed by atoms with Gasteiger partial charge in [0.05, 0.1) is 12.5 Å². The summed E-state index contributed by atoms with van der Waals surface area (Å²) in [5.41, 5.74) is 0. The first-order chi connectivity index (χ1) is 10.2. The molecule has 2 aliphatic rings. The summed E-state index contributed by atoms with van der Waals surface area (Å²) in [4.78, 5) is 22.6. The number of aryl methyl sites for hydroxylation is 1. The molecule has 0 saturated carbocycles. The minimum Gasteiger partial charge on any atom is -0.474 e. The van der Waals surface area contributed by atoms with Crippen molar-refractivity contribution in [3.05, 3.63) is 18.1 Å². The van der Waals surface area contributed by atoms with E-state index in [1.807, 2.05) is 11.8 Å². The highest BCUT2D eigenvalue weighted by Gasteiger charge is 2.31. The second-order valence-electron chi connectivity index (χ2n) is 5.65. The van der Waals surface area contributed by atoms with Crippen LogP contribution in [0, 0.1) is 12.8 Å². The molecule has 1 atom stereocenters. The highest BCUT2D eigenvalue weighted by Crippen LogP contribution is 2.21. The van der Waals surface area contributed by atoms with E-state index in [-0.39, 0.29) is 17.9 Å². The van der Waals surface area contributed by atoms with Crippen LogP contribution in [0.15, 0.2) is 12.3 Å². The lowest BCUT2D eigenvalue weighted by Gasteiger charge is -2.33. The topological polar surface area (TPSA) is 64.5 Å². The third-order valence-corrected chi connectivity index (χ3v) is 4.07. The molecule has 1 aromatic heterocycles. The van der Waals surface area contributed by atoms with E-state index in [0.717, 1.165) is 32.4 Å². The van der Waals surface area contributed by atoms with Crippen LogP contribution in [0.2, 0.25) is 0 Å². The van der Waals surface area contributed by atoms with E-state index in [1.165, 1.54) is 0 Å². The van der Waals surface area contributed by atoms with Crippen LogP contribution in [0.1, 0.15) is 25.1 Å². The highest BCUT2D eigenvalue weighted by atomic mass is 16.5. The van der Waals surface area contributed by atoms with Crippen LogP contribution < -0.4 is 4.74 Å². The molecule has 0 N–H and O–H groups in total. The number of likely N-dealkylation sites (tertiary alicyclic amines) is 1. The number of ether oxygens (including phenoxy) is 2. The predicted octanol–water partition coefficient (Wildman–Crippen LogP) is 1.19. The number of rotatable bonds is 3. The Morgan fingerprint density at radius 2 is 2.19 bits per heavy atom. The van der Waals surface area contributed by atoms with Gasteiger partial charge in [0.25, 0.3) is 0 Å². The van der Waals surface area contributed by atoms with Crippen molar-refractivity contribution in [1.29, 1.82) is 0 Å². The lowest BCUT2D eigenvalue weighted by molar-refractivity contribution is -0.137.